The highest BCUT2D eigenvalue weighted by Crippen LogP contribution is 2.27. The fourth-order valence-corrected chi connectivity index (χ4v) is 1.79. The lowest BCUT2D eigenvalue weighted by Gasteiger charge is -2.08. The van der Waals surface area contributed by atoms with E-state index in [4.69, 9.17) is 22.7 Å². The van der Waals surface area contributed by atoms with Crippen LogP contribution in [0.3, 0.4) is 0 Å². The van der Waals surface area contributed by atoms with Gasteiger partial charge in [0, 0.05) is 18.2 Å². The number of nitrogens with two attached hydrogens (primary N) is 1. The lowest BCUT2D eigenvalue weighted by molar-refractivity contribution is 0.373. The van der Waals surface area contributed by atoms with E-state index >= 15 is 0 Å². The largest absolute Gasteiger partial charge is 0.504 e. The second kappa shape index (κ2) is 5.05. The van der Waals surface area contributed by atoms with Crippen molar-refractivity contribution in [2.24, 2.45) is 0 Å². The number of nitrogens with one attached hydrogen (secondary N) is 1. The summed E-state index contributed by atoms with van der Waals surface area (Å²) in [5.41, 5.74) is 7.63. The zero-order valence-electron chi connectivity index (χ0n) is 9.80. The van der Waals surface area contributed by atoms with Gasteiger partial charge in [0.25, 0.3) is 0 Å². The summed E-state index contributed by atoms with van der Waals surface area (Å²) in [6.45, 7) is 0. The van der Waals surface area contributed by atoms with Crippen molar-refractivity contribution in [3.05, 3.63) is 40.3 Å². The minimum Gasteiger partial charge on any atom is -0.504 e. The third kappa shape index (κ3) is 2.60. The number of nitrogen functional groups attached to an aromatic ring is 1. The van der Waals surface area contributed by atoms with Crippen molar-refractivity contribution in [2.75, 3.05) is 12.8 Å². The molecule has 0 aliphatic carbocycles. The Balaban J connectivity index is 2.31. The molecular weight excluding hydrogens is 250 g/mol. The molecule has 4 N–H and O–H groups in total. The number of phenols is 1. The van der Waals surface area contributed by atoms with E-state index in [0.717, 1.165) is 11.1 Å². The van der Waals surface area contributed by atoms with Gasteiger partial charge in [-0.3, -0.25) is 0 Å². The highest BCUT2D eigenvalue weighted by Gasteiger charge is 2.06. The number of aromatic hydroxyl groups is 1. The standard InChI is InChI=1S/C12H13N3O2S/c1-17-10-5-7(2-3-9(10)16)4-8-6-14-12(18)15-11(8)13/h2-3,5-6,16H,4H2,1H3,(H3,13,14,15,18). The van der Waals surface area contributed by atoms with Crippen molar-refractivity contribution < 1.29 is 9.84 Å². The van der Waals surface area contributed by atoms with Crippen LogP contribution < -0.4 is 10.5 Å². The van der Waals surface area contributed by atoms with Crippen LogP contribution in [0.1, 0.15) is 11.1 Å². The van der Waals surface area contributed by atoms with Gasteiger partial charge in [-0.1, -0.05) is 6.07 Å². The number of anilines is 1. The third-order valence-electron chi connectivity index (χ3n) is 2.56. The molecule has 0 bridgehead atoms. The molecule has 1 aromatic carbocycles. The van der Waals surface area contributed by atoms with E-state index in [2.05, 4.69) is 9.97 Å². The van der Waals surface area contributed by atoms with Gasteiger partial charge in [0.15, 0.2) is 16.3 Å². The van der Waals surface area contributed by atoms with Crippen molar-refractivity contribution in [3.63, 3.8) is 0 Å². The van der Waals surface area contributed by atoms with E-state index in [-0.39, 0.29) is 5.75 Å². The molecule has 6 heteroatoms. The maximum atomic E-state index is 9.51. The van der Waals surface area contributed by atoms with Gasteiger partial charge in [-0.2, -0.15) is 0 Å². The van der Waals surface area contributed by atoms with Crippen LogP contribution in [0.4, 0.5) is 5.82 Å². The van der Waals surface area contributed by atoms with Gasteiger partial charge in [0.05, 0.1) is 7.11 Å². The second-order valence-electron chi connectivity index (χ2n) is 3.81. The smallest absolute Gasteiger partial charge is 0.198 e. The quantitative estimate of drug-likeness (QED) is 0.738. The molecule has 0 saturated carbocycles. The zero-order chi connectivity index (χ0) is 13.1. The number of hydrogen-bond donors (Lipinski definition) is 3. The molecule has 0 amide bonds. The number of H-pyrrole nitrogens is 1. The van der Waals surface area contributed by atoms with Crippen LogP contribution >= 0.6 is 12.2 Å². The molecule has 0 saturated heterocycles. The summed E-state index contributed by atoms with van der Waals surface area (Å²) in [5.74, 6) is 1.05. The van der Waals surface area contributed by atoms with Crippen LogP contribution in [0.15, 0.2) is 24.4 Å². The molecule has 1 aromatic heterocycles. The van der Waals surface area contributed by atoms with E-state index < -0.39 is 0 Å². The fraction of sp³-hybridized carbons (Fsp3) is 0.167. The van der Waals surface area contributed by atoms with Crippen molar-refractivity contribution in [2.45, 2.75) is 6.42 Å². The van der Waals surface area contributed by atoms with E-state index in [0.29, 0.717) is 22.8 Å². The van der Waals surface area contributed by atoms with Gasteiger partial charge in [0.2, 0.25) is 0 Å². The van der Waals surface area contributed by atoms with Crippen LogP contribution in [0.25, 0.3) is 0 Å². The Hall–Kier alpha value is -2.08. The lowest BCUT2D eigenvalue weighted by atomic mass is 10.1. The summed E-state index contributed by atoms with van der Waals surface area (Å²) in [6.07, 6.45) is 2.23. The average Bonchev–Trinajstić information content (AvgIpc) is 2.35. The van der Waals surface area contributed by atoms with Gasteiger partial charge < -0.3 is 20.6 Å². The number of phenolic OH excluding ortho intramolecular Hbond substituents is 1. The lowest BCUT2D eigenvalue weighted by Crippen LogP contribution is -2.00. The number of aromatic amines is 1. The molecule has 2 aromatic rings. The van der Waals surface area contributed by atoms with E-state index in [1.165, 1.54) is 7.11 Å². The number of ether oxygens (including phenoxy) is 1. The molecule has 0 aliphatic heterocycles. The van der Waals surface area contributed by atoms with Gasteiger partial charge >= 0.3 is 0 Å². The van der Waals surface area contributed by atoms with E-state index in [1.807, 2.05) is 0 Å². The normalized spacial score (nSPS) is 10.3. The van der Waals surface area contributed by atoms with Crippen LogP contribution in [0.2, 0.25) is 0 Å². The molecule has 1 heterocycles. The summed E-state index contributed by atoms with van der Waals surface area (Å²) in [6, 6.07) is 5.15. The molecule has 2 rings (SSSR count). The monoisotopic (exact) mass is 263 g/mol. The summed E-state index contributed by atoms with van der Waals surface area (Å²) in [4.78, 5) is 6.79. The topological polar surface area (TPSA) is 84.2 Å². The molecule has 18 heavy (non-hydrogen) atoms. The summed E-state index contributed by atoms with van der Waals surface area (Å²) in [5, 5.41) is 9.51. The first kappa shape index (κ1) is 12.4. The predicted octanol–water partition coefficient (Wildman–Crippen LogP) is 2.03. The highest BCUT2D eigenvalue weighted by atomic mass is 32.1. The Bertz CT molecular complexity index is 625. The summed E-state index contributed by atoms with van der Waals surface area (Å²) < 4.78 is 5.41. The van der Waals surface area contributed by atoms with Crippen molar-refractivity contribution in [3.8, 4) is 11.5 Å². The van der Waals surface area contributed by atoms with E-state index in [1.54, 1.807) is 24.4 Å². The minimum atomic E-state index is 0.111. The minimum absolute atomic E-state index is 0.111. The van der Waals surface area contributed by atoms with Gasteiger partial charge in [-0.05, 0) is 29.9 Å². The molecule has 94 valence electrons. The van der Waals surface area contributed by atoms with Crippen LogP contribution in [-0.2, 0) is 6.42 Å². The highest BCUT2D eigenvalue weighted by molar-refractivity contribution is 7.71. The maximum Gasteiger partial charge on any atom is 0.198 e. The average molecular weight is 263 g/mol. The van der Waals surface area contributed by atoms with Crippen LogP contribution in [-0.4, -0.2) is 22.2 Å². The Kier molecular flexibility index (Phi) is 3.47. The van der Waals surface area contributed by atoms with Crippen molar-refractivity contribution in [1.29, 1.82) is 0 Å². The maximum absolute atomic E-state index is 9.51. The first-order valence-electron chi connectivity index (χ1n) is 5.29. The number of hydrogen-bond acceptors (Lipinski definition) is 5. The van der Waals surface area contributed by atoms with Crippen LogP contribution in [0, 0.1) is 4.77 Å². The molecule has 0 unspecified atom stereocenters. The first-order valence-corrected chi connectivity index (χ1v) is 5.70. The molecule has 0 spiro atoms. The number of rotatable bonds is 3. The second-order valence-corrected chi connectivity index (χ2v) is 4.20. The van der Waals surface area contributed by atoms with Crippen LogP contribution in [0.5, 0.6) is 11.5 Å². The zero-order valence-corrected chi connectivity index (χ0v) is 10.6. The summed E-state index contributed by atoms with van der Waals surface area (Å²) >= 11 is 4.88. The van der Waals surface area contributed by atoms with Gasteiger partial charge in [-0.15, -0.1) is 0 Å². The Labute approximate surface area is 109 Å². The van der Waals surface area contributed by atoms with Gasteiger partial charge in [-0.25, -0.2) is 4.98 Å². The fourth-order valence-electron chi connectivity index (χ4n) is 1.63. The summed E-state index contributed by atoms with van der Waals surface area (Å²) in [7, 11) is 1.51. The first-order chi connectivity index (χ1) is 8.60. The molecule has 0 radical (unpaired) electrons. The van der Waals surface area contributed by atoms with Crippen molar-refractivity contribution in [1.82, 2.24) is 9.97 Å². The number of methoxy groups -OCH3 is 1. The van der Waals surface area contributed by atoms with Crippen molar-refractivity contribution >= 4 is 18.0 Å². The Morgan fingerprint density at radius 1 is 1.50 bits per heavy atom. The number of benzene rings is 1. The third-order valence-corrected chi connectivity index (χ3v) is 2.77. The number of nitrogens with zero attached hydrogens (tertiary/aromatic N) is 1. The Morgan fingerprint density at radius 2 is 2.28 bits per heavy atom. The van der Waals surface area contributed by atoms with Gasteiger partial charge in [0.1, 0.15) is 5.82 Å². The molecule has 0 atom stereocenters. The molecular formula is C12H13N3O2S. The Morgan fingerprint density at radius 3 is 2.94 bits per heavy atom. The predicted molar refractivity (Wildman–Crippen MR) is 71.3 cm³/mol. The molecule has 0 fully saturated rings. The SMILES string of the molecule is COc1cc(Cc2cnc(=S)[nH]c2N)ccc1O. The number of aromatic nitrogens is 2. The van der Waals surface area contributed by atoms with E-state index in [9.17, 15) is 5.11 Å². The molecule has 0 aliphatic rings. The molecule has 5 nitrogen and oxygen atoms in total.